The monoisotopic (exact) mass is 460 g/mol. The molecule has 6 rings (SSSR count). The Morgan fingerprint density at radius 2 is 1.26 bits per heavy atom. The third-order valence-corrected chi connectivity index (χ3v) is 6.22. The van der Waals surface area contributed by atoms with Gasteiger partial charge in [0.1, 0.15) is 12.2 Å². The van der Waals surface area contributed by atoms with Gasteiger partial charge in [0.25, 0.3) is 0 Å². The molecule has 7 nitrogen and oxygen atoms in total. The maximum atomic E-state index is 13.0. The molecule has 0 radical (unpaired) electrons. The van der Waals surface area contributed by atoms with Gasteiger partial charge in [-0.25, -0.2) is 4.79 Å². The summed E-state index contributed by atoms with van der Waals surface area (Å²) in [5.74, 6) is -0.455. The summed E-state index contributed by atoms with van der Waals surface area (Å²) in [6.07, 6.45) is -4.44. The van der Waals surface area contributed by atoms with Gasteiger partial charge >= 0.3 is 5.97 Å². The molecular formula is C27H24O7. The minimum Gasteiger partial charge on any atom is -0.453 e. The topological polar surface area (TPSA) is 72.5 Å². The molecule has 0 amide bonds. The summed E-state index contributed by atoms with van der Waals surface area (Å²) in [5.41, 5.74) is 2.19. The first kappa shape index (κ1) is 21.5. The molecule has 3 heterocycles. The van der Waals surface area contributed by atoms with E-state index in [1.54, 1.807) is 24.3 Å². The van der Waals surface area contributed by atoms with Crippen molar-refractivity contribution in [2.24, 2.45) is 0 Å². The van der Waals surface area contributed by atoms with Gasteiger partial charge in [-0.3, -0.25) is 0 Å². The van der Waals surface area contributed by atoms with Crippen LogP contribution >= 0.6 is 0 Å². The molecule has 2 unspecified atom stereocenters. The number of hydrogen-bond acceptors (Lipinski definition) is 7. The fourth-order valence-corrected chi connectivity index (χ4v) is 4.54. The van der Waals surface area contributed by atoms with Crippen molar-refractivity contribution in [2.45, 2.75) is 43.3 Å². The normalized spacial score (nSPS) is 32.4. The first-order valence-electron chi connectivity index (χ1n) is 11.4. The molecule has 7 atom stereocenters. The Morgan fingerprint density at radius 1 is 0.676 bits per heavy atom. The lowest BCUT2D eigenvalue weighted by Crippen LogP contribution is -2.62. The average molecular weight is 460 g/mol. The van der Waals surface area contributed by atoms with Gasteiger partial charge in [-0.05, 0) is 12.1 Å². The number of ether oxygens (including phenoxy) is 6. The van der Waals surface area contributed by atoms with Crippen LogP contribution in [-0.2, 0) is 28.4 Å². The predicted molar refractivity (Wildman–Crippen MR) is 119 cm³/mol. The maximum absolute atomic E-state index is 13.0. The lowest BCUT2D eigenvalue weighted by atomic mass is 9.97. The number of fused-ring (bicyclic) bond motifs is 2. The van der Waals surface area contributed by atoms with E-state index in [9.17, 15) is 4.79 Å². The highest BCUT2D eigenvalue weighted by Gasteiger charge is 2.57. The van der Waals surface area contributed by atoms with Crippen molar-refractivity contribution in [2.75, 3.05) is 6.61 Å². The zero-order valence-corrected chi connectivity index (χ0v) is 18.3. The van der Waals surface area contributed by atoms with Crippen molar-refractivity contribution < 1.29 is 33.2 Å². The smallest absolute Gasteiger partial charge is 0.338 e. The molecule has 174 valence electrons. The van der Waals surface area contributed by atoms with Crippen LogP contribution in [0.2, 0.25) is 0 Å². The molecule has 0 saturated carbocycles. The standard InChI is InChI=1S/C27H24O7/c28-24(17-10-4-1-5-11-17)31-22-21-20(16-29-25(32-21)18-12-6-2-7-13-18)30-27-23(22)33-26(34-27)19-14-8-3-9-15-19/h1-15,20-23,25-27H,16H2/t20-,21-,22+,23-,25?,26?,27-/m1/s1. The summed E-state index contributed by atoms with van der Waals surface area (Å²) >= 11 is 0. The van der Waals surface area contributed by atoms with Crippen molar-refractivity contribution >= 4 is 5.97 Å². The van der Waals surface area contributed by atoms with E-state index >= 15 is 0 Å². The Hall–Kier alpha value is -3.07. The van der Waals surface area contributed by atoms with Crippen LogP contribution in [0.3, 0.4) is 0 Å². The van der Waals surface area contributed by atoms with Gasteiger partial charge in [-0.15, -0.1) is 0 Å². The van der Waals surface area contributed by atoms with Crippen molar-refractivity contribution in [3.8, 4) is 0 Å². The van der Waals surface area contributed by atoms with E-state index in [1.165, 1.54) is 0 Å². The minimum absolute atomic E-state index is 0.270. The molecule has 0 aliphatic carbocycles. The first-order chi connectivity index (χ1) is 16.8. The van der Waals surface area contributed by atoms with Gasteiger partial charge in [-0.2, -0.15) is 0 Å². The quantitative estimate of drug-likeness (QED) is 0.541. The SMILES string of the molecule is O=C(O[C@@H]1[C@H]2OC(c3ccccc3)O[C@H]2O[C@@H]2COC(c3ccccc3)O[C@@H]12)c1ccccc1. The zero-order valence-electron chi connectivity index (χ0n) is 18.3. The molecule has 3 fully saturated rings. The fourth-order valence-electron chi connectivity index (χ4n) is 4.54. The molecule has 7 heteroatoms. The Labute approximate surface area is 197 Å². The number of benzene rings is 3. The highest BCUT2D eigenvalue weighted by Crippen LogP contribution is 2.43. The highest BCUT2D eigenvalue weighted by atomic mass is 16.8. The largest absolute Gasteiger partial charge is 0.453 e. The number of carbonyl (C=O) groups excluding carboxylic acids is 1. The maximum Gasteiger partial charge on any atom is 0.338 e. The van der Waals surface area contributed by atoms with E-state index in [0.717, 1.165) is 11.1 Å². The van der Waals surface area contributed by atoms with E-state index in [0.29, 0.717) is 5.56 Å². The average Bonchev–Trinajstić information content (AvgIpc) is 3.34. The van der Waals surface area contributed by atoms with Gasteiger partial charge < -0.3 is 28.4 Å². The molecule has 0 spiro atoms. The van der Waals surface area contributed by atoms with Crippen LogP contribution in [-0.4, -0.2) is 43.3 Å². The summed E-state index contributed by atoms with van der Waals surface area (Å²) in [5, 5.41) is 0. The van der Waals surface area contributed by atoms with Crippen molar-refractivity contribution in [3.63, 3.8) is 0 Å². The first-order valence-corrected chi connectivity index (χ1v) is 11.4. The van der Waals surface area contributed by atoms with Gasteiger partial charge in [-0.1, -0.05) is 78.9 Å². The molecule has 3 saturated heterocycles. The molecule has 3 aromatic rings. The molecule has 0 aromatic heterocycles. The molecular weight excluding hydrogens is 436 g/mol. The second-order valence-corrected chi connectivity index (χ2v) is 8.43. The molecule has 3 aliphatic rings. The minimum atomic E-state index is -0.750. The van der Waals surface area contributed by atoms with Crippen LogP contribution in [0.4, 0.5) is 0 Å². The van der Waals surface area contributed by atoms with Crippen LogP contribution in [0.15, 0.2) is 91.0 Å². The second kappa shape index (κ2) is 9.29. The Kier molecular flexibility index (Phi) is 5.86. The van der Waals surface area contributed by atoms with Gasteiger partial charge in [0.05, 0.1) is 12.2 Å². The lowest BCUT2D eigenvalue weighted by molar-refractivity contribution is -0.337. The molecule has 3 aromatic carbocycles. The summed E-state index contributed by atoms with van der Waals surface area (Å²) in [6, 6.07) is 28.1. The summed E-state index contributed by atoms with van der Waals surface area (Å²) in [6.45, 7) is 0.270. The number of rotatable bonds is 4. The predicted octanol–water partition coefficient (Wildman–Crippen LogP) is 4.17. The Balaban J connectivity index is 1.29. The van der Waals surface area contributed by atoms with Gasteiger partial charge in [0.2, 0.25) is 0 Å². The molecule has 0 bridgehead atoms. The summed E-state index contributed by atoms with van der Waals surface area (Å²) in [7, 11) is 0. The zero-order chi connectivity index (χ0) is 22.9. The Bertz CT molecular complexity index is 1070. The summed E-state index contributed by atoms with van der Waals surface area (Å²) in [4.78, 5) is 13.0. The number of esters is 1. The van der Waals surface area contributed by atoms with Crippen LogP contribution in [0.5, 0.6) is 0 Å². The van der Waals surface area contributed by atoms with Crippen LogP contribution in [0, 0.1) is 0 Å². The van der Waals surface area contributed by atoms with Gasteiger partial charge in [0, 0.05) is 11.1 Å². The van der Waals surface area contributed by atoms with Crippen molar-refractivity contribution in [3.05, 3.63) is 108 Å². The van der Waals surface area contributed by atoms with E-state index in [-0.39, 0.29) is 6.61 Å². The van der Waals surface area contributed by atoms with Gasteiger partial charge in [0.15, 0.2) is 31.1 Å². The van der Waals surface area contributed by atoms with Crippen LogP contribution < -0.4 is 0 Å². The molecule has 0 N–H and O–H groups in total. The summed E-state index contributed by atoms with van der Waals surface area (Å²) < 4.78 is 36.8. The number of hydrogen-bond donors (Lipinski definition) is 0. The van der Waals surface area contributed by atoms with E-state index in [2.05, 4.69) is 0 Å². The van der Waals surface area contributed by atoms with E-state index < -0.39 is 49.3 Å². The van der Waals surface area contributed by atoms with E-state index in [1.807, 2.05) is 66.7 Å². The van der Waals surface area contributed by atoms with Crippen LogP contribution in [0.1, 0.15) is 34.1 Å². The molecule has 34 heavy (non-hydrogen) atoms. The van der Waals surface area contributed by atoms with Crippen molar-refractivity contribution in [1.29, 1.82) is 0 Å². The second-order valence-electron chi connectivity index (χ2n) is 8.43. The fraction of sp³-hybridized carbons (Fsp3) is 0.296. The Morgan fingerprint density at radius 3 is 1.94 bits per heavy atom. The highest BCUT2D eigenvalue weighted by molar-refractivity contribution is 5.89. The third-order valence-electron chi connectivity index (χ3n) is 6.22. The molecule has 3 aliphatic heterocycles. The third kappa shape index (κ3) is 4.13. The van der Waals surface area contributed by atoms with E-state index in [4.69, 9.17) is 28.4 Å². The van der Waals surface area contributed by atoms with Crippen LogP contribution in [0.25, 0.3) is 0 Å². The number of carbonyl (C=O) groups is 1. The van der Waals surface area contributed by atoms with Crippen molar-refractivity contribution in [1.82, 2.24) is 0 Å². The lowest BCUT2D eigenvalue weighted by Gasteiger charge is -2.45.